The van der Waals surface area contributed by atoms with E-state index in [4.69, 9.17) is 27.9 Å². The second-order valence-electron chi connectivity index (χ2n) is 5.72. The van der Waals surface area contributed by atoms with E-state index in [1.54, 1.807) is 24.3 Å². The first kappa shape index (κ1) is 18.2. The number of fused-ring (bicyclic) bond motifs is 2. The fourth-order valence-corrected chi connectivity index (χ4v) is 3.17. The van der Waals surface area contributed by atoms with Crippen LogP contribution in [0.1, 0.15) is 17.3 Å². The van der Waals surface area contributed by atoms with Crippen LogP contribution in [0, 0.1) is 0 Å². The fourth-order valence-electron chi connectivity index (χ4n) is 2.61. The van der Waals surface area contributed by atoms with Gasteiger partial charge in [-0.15, -0.1) is 0 Å². The number of amides is 1. The number of carbonyl (C=O) groups excluding carboxylic acids is 2. The maximum atomic E-state index is 11.8. The number of methoxy groups -OCH3 is 1. The average molecular weight is 388 g/mol. The van der Waals surface area contributed by atoms with Crippen LogP contribution in [0.4, 0.5) is 5.69 Å². The predicted octanol–water partition coefficient (Wildman–Crippen LogP) is 5.56. The molecule has 26 heavy (non-hydrogen) atoms. The molecule has 0 saturated heterocycles. The molecule has 0 spiro atoms. The van der Waals surface area contributed by atoms with Crippen LogP contribution in [0.5, 0.6) is 0 Å². The van der Waals surface area contributed by atoms with Gasteiger partial charge in [0.05, 0.1) is 18.4 Å². The van der Waals surface area contributed by atoms with Crippen molar-refractivity contribution in [3.63, 3.8) is 0 Å². The number of ether oxygens (including phenoxy) is 1. The highest BCUT2D eigenvalue weighted by molar-refractivity contribution is 6.39. The van der Waals surface area contributed by atoms with Gasteiger partial charge in [0.1, 0.15) is 0 Å². The zero-order valence-electron chi connectivity index (χ0n) is 14.1. The minimum atomic E-state index is -0.549. The number of esters is 1. The van der Waals surface area contributed by atoms with Crippen LogP contribution in [0.25, 0.3) is 21.9 Å². The van der Waals surface area contributed by atoms with Crippen LogP contribution >= 0.6 is 23.2 Å². The molecule has 1 N–H and O–H groups in total. The highest BCUT2D eigenvalue weighted by Gasteiger charge is 2.17. The Hall–Kier alpha value is -2.56. The number of carbonyl (C=O) groups is 2. The molecule has 6 heteroatoms. The zero-order valence-corrected chi connectivity index (χ0v) is 15.6. The maximum Gasteiger partial charge on any atom is 0.339 e. The third kappa shape index (κ3) is 3.52. The van der Waals surface area contributed by atoms with Crippen molar-refractivity contribution in [3.8, 4) is 11.1 Å². The molecule has 2 aliphatic carbocycles. The topological polar surface area (TPSA) is 55.4 Å². The Kier molecular flexibility index (Phi) is 5.16. The first-order chi connectivity index (χ1) is 12.4. The summed E-state index contributed by atoms with van der Waals surface area (Å²) in [7, 11) is 1.27. The smallest absolute Gasteiger partial charge is 0.339 e. The molecule has 0 heterocycles. The Bertz CT molecular complexity index is 993. The summed E-state index contributed by atoms with van der Waals surface area (Å²) in [6.45, 7) is 1.35. The molecule has 132 valence electrons. The lowest BCUT2D eigenvalue weighted by atomic mass is 9.95. The van der Waals surface area contributed by atoms with Gasteiger partial charge in [-0.3, -0.25) is 4.79 Å². The largest absolute Gasteiger partial charge is 0.465 e. The minimum absolute atomic E-state index is 0.244. The molecule has 2 aromatic carbocycles. The van der Waals surface area contributed by atoms with Crippen LogP contribution in [-0.4, -0.2) is 19.0 Å². The molecule has 0 bridgehead atoms. The molecule has 1 amide bonds. The monoisotopic (exact) mass is 387 g/mol. The molecule has 0 fully saturated rings. The second kappa shape index (κ2) is 7.36. The van der Waals surface area contributed by atoms with Crippen molar-refractivity contribution >= 4 is 51.5 Å². The molecule has 0 aliphatic heterocycles. The van der Waals surface area contributed by atoms with E-state index in [2.05, 4.69) is 29.6 Å². The number of benzene rings is 3. The summed E-state index contributed by atoms with van der Waals surface area (Å²) in [6, 6.07) is 15.0. The Morgan fingerprint density at radius 1 is 0.923 bits per heavy atom. The van der Waals surface area contributed by atoms with E-state index in [9.17, 15) is 9.59 Å². The van der Waals surface area contributed by atoms with Crippen molar-refractivity contribution in [2.24, 2.45) is 0 Å². The number of halogens is 2. The average Bonchev–Trinajstić information content (AvgIpc) is 2.58. The van der Waals surface area contributed by atoms with Crippen LogP contribution in [0.3, 0.4) is 0 Å². The van der Waals surface area contributed by atoms with Crippen molar-refractivity contribution in [2.45, 2.75) is 6.92 Å². The van der Waals surface area contributed by atoms with E-state index in [0.29, 0.717) is 26.5 Å². The summed E-state index contributed by atoms with van der Waals surface area (Å²) in [5, 5.41) is 4.75. The third-order valence-electron chi connectivity index (χ3n) is 3.97. The van der Waals surface area contributed by atoms with Gasteiger partial charge in [-0.1, -0.05) is 53.5 Å². The Balaban J connectivity index is 0.000000269. The zero-order chi connectivity index (χ0) is 18.8. The van der Waals surface area contributed by atoms with Gasteiger partial charge in [0.25, 0.3) is 0 Å². The highest BCUT2D eigenvalue weighted by atomic mass is 35.5. The van der Waals surface area contributed by atoms with Gasteiger partial charge in [0.2, 0.25) is 5.91 Å². The van der Waals surface area contributed by atoms with E-state index < -0.39 is 5.97 Å². The lowest BCUT2D eigenvalue weighted by Crippen LogP contribution is -2.12. The number of nitrogens with one attached hydrogen (secondary N) is 1. The summed E-state index contributed by atoms with van der Waals surface area (Å²) in [6.07, 6.45) is 0. The van der Waals surface area contributed by atoms with Gasteiger partial charge in [-0.2, -0.15) is 0 Å². The first-order valence-corrected chi connectivity index (χ1v) is 8.54. The number of anilines is 1. The van der Waals surface area contributed by atoms with Crippen molar-refractivity contribution < 1.29 is 14.3 Å². The molecule has 0 saturated carbocycles. The molecule has 2 aliphatic rings. The molecule has 0 aromatic heterocycles. The van der Waals surface area contributed by atoms with Gasteiger partial charge < -0.3 is 10.1 Å². The second-order valence-corrected chi connectivity index (χ2v) is 6.56. The molecule has 0 radical (unpaired) electrons. The van der Waals surface area contributed by atoms with E-state index in [-0.39, 0.29) is 11.5 Å². The van der Waals surface area contributed by atoms with Gasteiger partial charge in [0.15, 0.2) is 0 Å². The third-order valence-corrected chi connectivity index (χ3v) is 4.51. The molecule has 4 rings (SSSR count). The molecule has 2 aromatic rings. The van der Waals surface area contributed by atoms with Crippen LogP contribution in [-0.2, 0) is 9.53 Å². The summed E-state index contributed by atoms with van der Waals surface area (Å²) >= 11 is 12.1. The van der Waals surface area contributed by atoms with Crippen molar-refractivity contribution in [2.75, 3.05) is 12.4 Å². The van der Waals surface area contributed by atoms with Gasteiger partial charge in [-0.25, -0.2) is 4.79 Å². The van der Waals surface area contributed by atoms with E-state index in [1.165, 1.54) is 25.2 Å². The molecule has 0 atom stereocenters. The summed E-state index contributed by atoms with van der Waals surface area (Å²) in [4.78, 5) is 23.2. The van der Waals surface area contributed by atoms with Gasteiger partial charge >= 0.3 is 5.97 Å². The van der Waals surface area contributed by atoms with E-state index >= 15 is 0 Å². The van der Waals surface area contributed by atoms with Crippen molar-refractivity contribution in [3.05, 3.63) is 64.1 Å². The molecular formula is C20H15Cl2NO3. The van der Waals surface area contributed by atoms with Crippen LogP contribution in [0.2, 0.25) is 10.0 Å². The summed E-state index contributed by atoms with van der Waals surface area (Å²) in [5.41, 5.74) is 3.43. The summed E-state index contributed by atoms with van der Waals surface area (Å²) in [5.74, 6) is -0.856. The number of hydrogen-bond acceptors (Lipinski definition) is 3. The molecule has 4 nitrogen and oxygen atoms in total. The van der Waals surface area contributed by atoms with Gasteiger partial charge in [0, 0.05) is 27.7 Å². The Morgan fingerprint density at radius 2 is 1.54 bits per heavy atom. The predicted molar refractivity (Wildman–Crippen MR) is 105 cm³/mol. The standard InChI is InChI=1S/C14H11Cl2NO3.C6H4/c1-7(18)17-13-10(14(19)20-2)4-3-9-11(13)5-8(15)6-12(9)16;1-2-6-4-3-5(1)6/h3-6H,1-2H3,(H,17,18);1-4H. The number of hydrogen-bond donors (Lipinski definition) is 1. The Morgan fingerprint density at radius 3 is 2.00 bits per heavy atom. The Labute approximate surface area is 160 Å². The normalized spacial score (nSPS) is 10.6. The first-order valence-electron chi connectivity index (χ1n) is 7.79. The van der Waals surface area contributed by atoms with Crippen LogP contribution in [0.15, 0.2) is 48.5 Å². The SMILES string of the molecule is COC(=O)c1ccc2c(Cl)cc(Cl)cc2c1NC(C)=O.c1cc2ccc1-2. The van der Waals surface area contributed by atoms with Crippen LogP contribution < -0.4 is 5.32 Å². The van der Waals surface area contributed by atoms with Crippen molar-refractivity contribution in [1.29, 1.82) is 0 Å². The number of rotatable bonds is 2. The maximum absolute atomic E-state index is 11.8. The quantitative estimate of drug-likeness (QED) is 0.458. The van der Waals surface area contributed by atoms with E-state index in [1.807, 2.05) is 0 Å². The lowest BCUT2D eigenvalue weighted by Gasteiger charge is -2.13. The van der Waals surface area contributed by atoms with Gasteiger partial charge in [-0.05, 0) is 29.3 Å². The highest BCUT2D eigenvalue weighted by Crippen LogP contribution is 2.35. The summed E-state index contributed by atoms with van der Waals surface area (Å²) < 4.78 is 4.71. The fraction of sp³-hybridized carbons (Fsp3) is 0.100. The van der Waals surface area contributed by atoms with E-state index in [0.717, 1.165) is 0 Å². The molecular weight excluding hydrogens is 373 g/mol. The van der Waals surface area contributed by atoms with Crippen molar-refractivity contribution in [1.82, 2.24) is 0 Å². The lowest BCUT2D eigenvalue weighted by molar-refractivity contribution is -0.114. The minimum Gasteiger partial charge on any atom is -0.465 e. The molecule has 0 unspecified atom stereocenters.